The van der Waals surface area contributed by atoms with Gasteiger partial charge < -0.3 is 4.42 Å². The SMILES string of the molecule is Cc1cc(-c2nc(C=O)c(C3CC3)o2)ccc1F. The summed E-state index contributed by atoms with van der Waals surface area (Å²) in [7, 11) is 0. The van der Waals surface area contributed by atoms with Crippen LogP contribution in [0.5, 0.6) is 0 Å². The fourth-order valence-corrected chi connectivity index (χ4v) is 1.97. The summed E-state index contributed by atoms with van der Waals surface area (Å²) in [5.41, 5.74) is 1.60. The summed E-state index contributed by atoms with van der Waals surface area (Å²) in [6.45, 7) is 1.68. The van der Waals surface area contributed by atoms with Crippen LogP contribution < -0.4 is 0 Å². The molecule has 0 amide bonds. The lowest BCUT2D eigenvalue weighted by Crippen LogP contribution is -1.86. The summed E-state index contributed by atoms with van der Waals surface area (Å²) in [6.07, 6.45) is 2.80. The van der Waals surface area contributed by atoms with Crippen molar-refractivity contribution in [2.45, 2.75) is 25.7 Å². The predicted octanol–water partition coefficient (Wildman–Crippen LogP) is 3.48. The molecule has 1 heterocycles. The Kier molecular flexibility index (Phi) is 2.51. The summed E-state index contributed by atoms with van der Waals surface area (Å²) < 4.78 is 18.8. The van der Waals surface area contributed by atoms with E-state index in [-0.39, 0.29) is 5.82 Å². The summed E-state index contributed by atoms with van der Waals surface area (Å²) in [5, 5.41) is 0. The highest BCUT2D eigenvalue weighted by atomic mass is 19.1. The number of carbonyl (C=O) groups is 1. The van der Waals surface area contributed by atoms with Crippen LogP contribution in [0.3, 0.4) is 0 Å². The van der Waals surface area contributed by atoms with Gasteiger partial charge in [0.25, 0.3) is 0 Å². The second-order valence-electron chi connectivity index (χ2n) is 4.62. The molecule has 18 heavy (non-hydrogen) atoms. The third-order valence-corrected chi connectivity index (χ3v) is 3.15. The second-order valence-corrected chi connectivity index (χ2v) is 4.62. The number of aryl methyl sites for hydroxylation is 1. The maximum Gasteiger partial charge on any atom is 0.226 e. The van der Waals surface area contributed by atoms with E-state index in [1.807, 2.05) is 0 Å². The molecule has 2 aromatic rings. The van der Waals surface area contributed by atoms with Gasteiger partial charge in [0.15, 0.2) is 6.29 Å². The average Bonchev–Trinajstić information content (AvgIpc) is 3.12. The van der Waals surface area contributed by atoms with Crippen LogP contribution in [0.15, 0.2) is 22.6 Å². The smallest absolute Gasteiger partial charge is 0.226 e. The Bertz CT molecular complexity index is 614. The molecule has 1 aliphatic rings. The number of nitrogens with zero attached hydrogens (tertiary/aromatic N) is 1. The number of hydrogen-bond acceptors (Lipinski definition) is 3. The first-order chi connectivity index (χ1) is 8.69. The van der Waals surface area contributed by atoms with Crippen molar-refractivity contribution in [2.24, 2.45) is 0 Å². The Morgan fingerprint density at radius 1 is 1.44 bits per heavy atom. The Morgan fingerprint density at radius 3 is 2.83 bits per heavy atom. The Balaban J connectivity index is 2.05. The van der Waals surface area contributed by atoms with Gasteiger partial charge in [0.1, 0.15) is 17.3 Å². The molecular formula is C14H12FNO2. The minimum Gasteiger partial charge on any atom is -0.440 e. The van der Waals surface area contributed by atoms with Crippen molar-refractivity contribution >= 4 is 6.29 Å². The van der Waals surface area contributed by atoms with Crippen molar-refractivity contribution in [1.29, 1.82) is 0 Å². The minimum atomic E-state index is -0.261. The first-order valence-electron chi connectivity index (χ1n) is 5.91. The monoisotopic (exact) mass is 245 g/mol. The van der Waals surface area contributed by atoms with Gasteiger partial charge in [-0.15, -0.1) is 0 Å². The summed E-state index contributed by atoms with van der Waals surface area (Å²) in [5.74, 6) is 1.13. The molecule has 0 bridgehead atoms. The molecule has 3 rings (SSSR count). The zero-order chi connectivity index (χ0) is 12.7. The van der Waals surface area contributed by atoms with Gasteiger partial charge in [0.2, 0.25) is 5.89 Å². The van der Waals surface area contributed by atoms with Crippen molar-refractivity contribution in [3.8, 4) is 11.5 Å². The number of rotatable bonds is 3. The van der Waals surface area contributed by atoms with Gasteiger partial charge in [-0.2, -0.15) is 0 Å². The predicted molar refractivity (Wildman–Crippen MR) is 64.0 cm³/mol. The molecule has 0 spiro atoms. The van der Waals surface area contributed by atoms with E-state index in [1.165, 1.54) is 6.07 Å². The molecule has 1 aromatic carbocycles. The highest BCUT2D eigenvalue weighted by Gasteiger charge is 2.31. The van der Waals surface area contributed by atoms with E-state index in [0.29, 0.717) is 34.4 Å². The number of hydrogen-bond donors (Lipinski definition) is 0. The topological polar surface area (TPSA) is 43.1 Å². The Hall–Kier alpha value is -1.97. The number of aldehydes is 1. The van der Waals surface area contributed by atoms with Gasteiger partial charge in [-0.25, -0.2) is 9.37 Å². The molecule has 0 N–H and O–H groups in total. The number of carbonyl (C=O) groups excluding carboxylic acids is 1. The maximum atomic E-state index is 13.2. The molecule has 1 fully saturated rings. The second kappa shape index (κ2) is 4.05. The number of oxazole rings is 1. The standard InChI is InChI=1S/C14H12FNO2/c1-8-6-10(4-5-11(8)15)14-16-12(7-17)13(18-14)9-2-3-9/h4-7,9H,2-3H2,1H3. The molecule has 0 atom stereocenters. The molecule has 1 aliphatic carbocycles. The van der Waals surface area contributed by atoms with Crippen LogP contribution in [0.4, 0.5) is 4.39 Å². The highest BCUT2D eigenvalue weighted by molar-refractivity contribution is 5.75. The van der Waals surface area contributed by atoms with Crippen molar-refractivity contribution in [3.05, 3.63) is 41.0 Å². The van der Waals surface area contributed by atoms with Crippen LogP contribution in [0, 0.1) is 12.7 Å². The molecule has 1 saturated carbocycles. The summed E-state index contributed by atoms with van der Waals surface area (Å²) in [6, 6.07) is 4.66. The molecule has 1 aromatic heterocycles. The third-order valence-electron chi connectivity index (χ3n) is 3.15. The van der Waals surface area contributed by atoms with Crippen LogP contribution in [0.1, 0.15) is 40.6 Å². The lowest BCUT2D eigenvalue weighted by molar-refractivity contribution is 0.111. The molecular weight excluding hydrogens is 233 g/mol. The average molecular weight is 245 g/mol. The summed E-state index contributed by atoms with van der Waals surface area (Å²) in [4.78, 5) is 15.1. The third kappa shape index (κ3) is 1.83. The van der Waals surface area contributed by atoms with Crippen molar-refractivity contribution < 1.29 is 13.6 Å². The highest BCUT2D eigenvalue weighted by Crippen LogP contribution is 2.42. The molecule has 4 heteroatoms. The zero-order valence-corrected chi connectivity index (χ0v) is 9.94. The van der Waals surface area contributed by atoms with Crippen molar-refractivity contribution in [3.63, 3.8) is 0 Å². The molecule has 0 radical (unpaired) electrons. The molecule has 0 unspecified atom stereocenters. The van der Waals surface area contributed by atoms with Crippen LogP contribution >= 0.6 is 0 Å². The number of benzene rings is 1. The van der Waals surface area contributed by atoms with Gasteiger partial charge in [-0.3, -0.25) is 4.79 Å². The van der Waals surface area contributed by atoms with E-state index < -0.39 is 0 Å². The largest absolute Gasteiger partial charge is 0.440 e. The van der Waals surface area contributed by atoms with Crippen molar-refractivity contribution in [1.82, 2.24) is 4.98 Å². The first-order valence-corrected chi connectivity index (χ1v) is 5.91. The van der Waals surface area contributed by atoms with E-state index in [2.05, 4.69) is 4.98 Å². The van der Waals surface area contributed by atoms with Gasteiger partial charge >= 0.3 is 0 Å². The minimum absolute atomic E-state index is 0.261. The lowest BCUT2D eigenvalue weighted by Gasteiger charge is -1.99. The fraction of sp³-hybridized carbons (Fsp3) is 0.286. The van der Waals surface area contributed by atoms with Gasteiger partial charge in [-0.1, -0.05) is 0 Å². The van der Waals surface area contributed by atoms with E-state index in [9.17, 15) is 9.18 Å². The normalized spacial score (nSPS) is 14.8. The van der Waals surface area contributed by atoms with Crippen LogP contribution in [-0.2, 0) is 0 Å². The zero-order valence-electron chi connectivity index (χ0n) is 9.94. The van der Waals surface area contributed by atoms with E-state index in [1.54, 1.807) is 19.1 Å². The Morgan fingerprint density at radius 2 is 2.22 bits per heavy atom. The van der Waals surface area contributed by atoms with Crippen LogP contribution in [0.2, 0.25) is 0 Å². The lowest BCUT2D eigenvalue weighted by atomic mass is 10.1. The van der Waals surface area contributed by atoms with Crippen LogP contribution in [0.25, 0.3) is 11.5 Å². The Labute approximate surface area is 104 Å². The van der Waals surface area contributed by atoms with E-state index >= 15 is 0 Å². The first kappa shape index (κ1) is 11.1. The molecule has 0 aliphatic heterocycles. The summed E-state index contributed by atoms with van der Waals surface area (Å²) >= 11 is 0. The van der Waals surface area contributed by atoms with E-state index in [4.69, 9.17) is 4.42 Å². The fourth-order valence-electron chi connectivity index (χ4n) is 1.97. The van der Waals surface area contributed by atoms with Gasteiger partial charge in [0, 0.05) is 11.5 Å². The maximum absolute atomic E-state index is 13.2. The number of aromatic nitrogens is 1. The van der Waals surface area contributed by atoms with Crippen LogP contribution in [-0.4, -0.2) is 11.3 Å². The van der Waals surface area contributed by atoms with Crippen molar-refractivity contribution in [2.75, 3.05) is 0 Å². The van der Waals surface area contributed by atoms with Gasteiger partial charge in [0.05, 0.1) is 0 Å². The molecule has 92 valence electrons. The number of halogens is 1. The van der Waals surface area contributed by atoms with Gasteiger partial charge in [-0.05, 0) is 43.5 Å². The quantitative estimate of drug-likeness (QED) is 0.777. The molecule has 0 saturated heterocycles. The molecule has 3 nitrogen and oxygen atoms in total. The van der Waals surface area contributed by atoms with E-state index in [0.717, 1.165) is 19.1 Å².